The second-order valence-corrected chi connectivity index (χ2v) is 4.37. The van der Waals surface area contributed by atoms with Gasteiger partial charge in [-0.3, -0.25) is 0 Å². The lowest BCUT2D eigenvalue weighted by Gasteiger charge is -2.10. The number of rotatable bonds is 2. The van der Waals surface area contributed by atoms with Crippen LogP contribution in [0.25, 0.3) is 11.0 Å². The number of hydrogen-bond acceptors (Lipinski definition) is 4. The number of nitrogens with zero attached hydrogens (tertiary/aromatic N) is 4. The Labute approximate surface area is 94.9 Å². The molecule has 0 spiro atoms. The maximum atomic E-state index is 5.92. The van der Waals surface area contributed by atoms with E-state index in [1.165, 1.54) is 6.33 Å². The summed E-state index contributed by atoms with van der Waals surface area (Å²) in [4.78, 5) is 10.4. The first kappa shape index (κ1) is 10.7. The predicted molar refractivity (Wildman–Crippen MR) is 66.7 cm³/mol. The fourth-order valence-electron chi connectivity index (χ4n) is 1.82. The van der Waals surface area contributed by atoms with Gasteiger partial charge in [-0.2, -0.15) is 0 Å². The Morgan fingerprint density at radius 2 is 2.00 bits per heavy atom. The van der Waals surface area contributed by atoms with E-state index in [9.17, 15) is 0 Å². The highest BCUT2D eigenvalue weighted by molar-refractivity contribution is 5.98. The van der Waals surface area contributed by atoms with E-state index in [1.54, 1.807) is 0 Å². The van der Waals surface area contributed by atoms with Crippen LogP contribution in [0.2, 0.25) is 0 Å². The molecule has 0 saturated heterocycles. The highest BCUT2D eigenvalue weighted by Crippen LogP contribution is 2.31. The molecule has 2 aromatic heterocycles. The van der Waals surface area contributed by atoms with Gasteiger partial charge in [0.2, 0.25) is 0 Å². The van der Waals surface area contributed by atoms with Gasteiger partial charge in [-0.15, -0.1) is 0 Å². The molecule has 2 heterocycles. The third kappa shape index (κ3) is 1.48. The van der Waals surface area contributed by atoms with Gasteiger partial charge in [0.05, 0.1) is 11.1 Å². The van der Waals surface area contributed by atoms with Crippen LogP contribution in [0.5, 0.6) is 0 Å². The topological polar surface area (TPSA) is 60.0 Å². The Kier molecular flexibility index (Phi) is 2.46. The standard InChI is InChI=1S/C11H17N5/c1-7(2)16-5-8(15(3)4)9-10(12)13-6-14-11(9)16/h5-7H,1-4H3,(H2,12,13,14). The van der Waals surface area contributed by atoms with E-state index in [0.717, 1.165) is 16.7 Å². The summed E-state index contributed by atoms with van der Waals surface area (Å²) in [7, 11) is 3.98. The summed E-state index contributed by atoms with van der Waals surface area (Å²) in [5, 5.41) is 0.932. The van der Waals surface area contributed by atoms with Gasteiger partial charge < -0.3 is 15.2 Å². The third-order valence-corrected chi connectivity index (χ3v) is 2.66. The molecule has 86 valence electrons. The lowest BCUT2D eigenvalue weighted by atomic mass is 10.3. The van der Waals surface area contributed by atoms with Gasteiger partial charge in [0.15, 0.2) is 0 Å². The van der Waals surface area contributed by atoms with Crippen LogP contribution in [0, 0.1) is 0 Å². The Morgan fingerprint density at radius 1 is 1.31 bits per heavy atom. The number of anilines is 2. The van der Waals surface area contributed by atoms with Crippen LogP contribution in [-0.4, -0.2) is 28.6 Å². The van der Waals surface area contributed by atoms with Gasteiger partial charge in [-0.1, -0.05) is 0 Å². The normalized spacial score (nSPS) is 11.3. The van der Waals surface area contributed by atoms with Crippen molar-refractivity contribution < 1.29 is 0 Å². The second kappa shape index (κ2) is 3.66. The van der Waals surface area contributed by atoms with Crippen molar-refractivity contribution in [2.45, 2.75) is 19.9 Å². The smallest absolute Gasteiger partial charge is 0.147 e. The number of fused-ring (bicyclic) bond motifs is 1. The van der Waals surface area contributed by atoms with E-state index in [1.807, 2.05) is 19.0 Å². The molecule has 0 amide bonds. The fraction of sp³-hybridized carbons (Fsp3) is 0.455. The van der Waals surface area contributed by atoms with Crippen molar-refractivity contribution in [2.24, 2.45) is 0 Å². The van der Waals surface area contributed by atoms with Gasteiger partial charge in [-0.25, -0.2) is 9.97 Å². The number of aromatic nitrogens is 3. The van der Waals surface area contributed by atoms with Gasteiger partial charge in [-0.05, 0) is 13.8 Å². The molecule has 0 atom stereocenters. The molecule has 5 heteroatoms. The van der Waals surface area contributed by atoms with Crippen LogP contribution >= 0.6 is 0 Å². The summed E-state index contributed by atoms with van der Waals surface area (Å²) in [5.74, 6) is 0.535. The maximum absolute atomic E-state index is 5.92. The summed E-state index contributed by atoms with van der Waals surface area (Å²) in [6.07, 6.45) is 3.58. The minimum Gasteiger partial charge on any atom is -0.383 e. The first-order valence-corrected chi connectivity index (χ1v) is 5.30. The van der Waals surface area contributed by atoms with Crippen LogP contribution in [0.1, 0.15) is 19.9 Å². The van der Waals surface area contributed by atoms with Gasteiger partial charge >= 0.3 is 0 Å². The van der Waals surface area contributed by atoms with Crippen molar-refractivity contribution >= 4 is 22.5 Å². The van der Waals surface area contributed by atoms with Crippen LogP contribution in [0.15, 0.2) is 12.5 Å². The Hall–Kier alpha value is -1.78. The average Bonchev–Trinajstić information content (AvgIpc) is 2.58. The van der Waals surface area contributed by atoms with Crippen LogP contribution < -0.4 is 10.6 Å². The summed E-state index contributed by atoms with van der Waals surface area (Å²) in [6, 6.07) is 0.352. The molecule has 0 radical (unpaired) electrons. The predicted octanol–water partition coefficient (Wildman–Crippen LogP) is 1.66. The molecule has 0 aliphatic carbocycles. The van der Waals surface area contributed by atoms with E-state index in [0.29, 0.717) is 11.9 Å². The van der Waals surface area contributed by atoms with Crippen molar-refractivity contribution in [3.8, 4) is 0 Å². The number of hydrogen-bond donors (Lipinski definition) is 1. The first-order valence-electron chi connectivity index (χ1n) is 5.30. The van der Waals surface area contributed by atoms with Crippen LogP contribution in [-0.2, 0) is 0 Å². The first-order chi connectivity index (χ1) is 7.52. The van der Waals surface area contributed by atoms with Gasteiger partial charge in [0.1, 0.15) is 17.8 Å². The molecule has 0 bridgehead atoms. The lowest BCUT2D eigenvalue weighted by molar-refractivity contribution is 0.617. The molecular weight excluding hydrogens is 202 g/mol. The largest absolute Gasteiger partial charge is 0.383 e. The van der Waals surface area contributed by atoms with Crippen molar-refractivity contribution in [3.63, 3.8) is 0 Å². The molecule has 0 unspecified atom stereocenters. The minimum atomic E-state index is 0.352. The molecule has 0 fully saturated rings. The molecule has 0 saturated carbocycles. The van der Waals surface area contributed by atoms with Gasteiger partial charge in [0, 0.05) is 26.3 Å². The highest BCUT2D eigenvalue weighted by atomic mass is 15.1. The molecule has 0 aromatic carbocycles. The zero-order chi connectivity index (χ0) is 11.9. The summed E-state index contributed by atoms with van der Waals surface area (Å²) < 4.78 is 2.11. The quantitative estimate of drug-likeness (QED) is 0.834. The van der Waals surface area contributed by atoms with E-state index in [-0.39, 0.29) is 0 Å². The summed E-state index contributed by atoms with van der Waals surface area (Å²) in [6.45, 7) is 4.24. The van der Waals surface area contributed by atoms with E-state index >= 15 is 0 Å². The molecule has 5 nitrogen and oxygen atoms in total. The van der Waals surface area contributed by atoms with Gasteiger partial charge in [0.25, 0.3) is 0 Å². The van der Waals surface area contributed by atoms with Crippen molar-refractivity contribution in [1.29, 1.82) is 0 Å². The van der Waals surface area contributed by atoms with E-state index in [2.05, 4.69) is 34.6 Å². The fourth-order valence-corrected chi connectivity index (χ4v) is 1.82. The summed E-state index contributed by atoms with van der Waals surface area (Å²) in [5.41, 5.74) is 7.87. The Bertz CT molecular complexity index is 512. The zero-order valence-electron chi connectivity index (χ0n) is 10.1. The third-order valence-electron chi connectivity index (χ3n) is 2.66. The van der Waals surface area contributed by atoms with Crippen LogP contribution in [0.4, 0.5) is 11.5 Å². The van der Waals surface area contributed by atoms with E-state index in [4.69, 9.17) is 5.73 Å². The molecule has 0 aliphatic heterocycles. The SMILES string of the molecule is CC(C)n1cc(N(C)C)c2c(N)ncnc21. The van der Waals surface area contributed by atoms with Crippen molar-refractivity contribution in [1.82, 2.24) is 14.5 Å². The Balaban J connectivity index is 2.82. The molecule has 16 heavy (non-hydrogen) atoms. The highest BCUT2D eigenvalue weighted by Gasteiger charge is 2.15. The molecular formula is C11H17N5. The van der Waals surface area contributed by atoms with Crippen molar-refractivity contribution in [2.75, 3.05) is 24.7 Å². The van der Waals surface area contributed by atoms with E-state index < -0.39 is 0 Å². The monoisotopic (exact) mass is 219 g/mol. The number of nitrogens with two attached hydrogens (primary N) is 1. The zero-order valence-corrected chi connectivity index (χ0v) is 10.1. The van der Waals surface area contributed by atoms with Crippen LogP contribution in [0.3, 0.4) is 0 Å². The average molecular weight is 219 g/mol. The molecule has 2 rings (SSSR count). The minimum absolute atomic E-state index is 0.352. The maximum Gasteiger partial charge on any atom is 0.147 e. The Morgan fingerprint density at radius 3 is 2.56 bits per heavy atom. The molecule has 0 aliphatic rings. The number of nitrogen functional groups attached to an aromatic ring is 1. The molecule has 2 N–H and O–H groups in total. The molecule has 2 aromatic rings. The van der Waals surface area contributed by atoms with Crippen molar-refractivity contribution in [3.05, 3.63) is 12.5 Å². The second-order valence-electron chi connectivity index (χ2n) is 4.37. The lowest BCUT2D eigenvalue weighted by Crippen LogP contribution is -2.08. The summed E-state index contributed by atoms with van der Waals surface area (Å²) >= 11 is 0.